The summed E-state index contributed by atoms with van der Waals surface area (Å²) in [4.78, 5) is 12.0. The third-order valence-electron chi connectivity index (χ3n) is 2.99. The van der Waals surface area contributed by atoms with Crippen molar-refractivity contribution in [2.75, 3.05) is 6.54 Å². The second-order valence-electron chi connectivity index (χ2n) is 4.65. The largest absolute Gasteiger partial charge is 0.352 e. The highest BCUT2D eigenvalue weighted by Crippen LogP contribution is 2.21. The molecule has 0 saturated carbocycles. The van der Waals surface area contributed by atoms with E-state index in [1.54, 1.807) is 0 Å². The molecule has 0 aliphatic heterocycles. The van der Waals surface area contributed by atoms with Gasteiger partial charge in [-0.1, -0.05) is 55.0 Å². The summed E-state index contributed by atoms with van der Waals surface area (Å²) in [5.41, 5.74) is 0.681. The maximum atomic E-state index is 12.0. The number of halogens is 2. The lowest BCUT2D eigenvalue weighted by atomic mass is 10.1. The number of rotatable bonds is 8. The molecule has 0 bridgehead atoms. The molecule has 1 N–H and O–H groups in total. The molecule has 19 heavy (non-hydrogen) atoms. The van der Waals surface area contributed by atoms with E-state index in [9.17, 15) is 4.79 Å². The zero-order valence-corrected chi connectivity index (χ0v) is 14.5. The minimum Gasteiger partial charge on any atom is -0.352 e. The summed E-state index contributed by atoms with van der Waals surface area (Å²) in [6.07, 6.45) is 7.41. The standard InChI is InChI=1S/C15H21Br2NO/c1-2-3-4-5-6-7-10-18-15(19)13-11-12(16)8-9-14(13)17/h8-9,11H,2-7,10H2,1H3,(H,18,19). The van der Waals surface area contributed by atoms with Crippen LogP contribution in [0.15, 0.2) is 27.1 Å². The summed E-state index contributed by atoms with van der Waals surface area (Å²) >= 11 is 6.78. The quantitative estimate of drug-likeness (QED) is 0.599. The summed E-state index contributed by atoms with van der Waals surface area (Å²) in [5, 5.41) is 2.97. The molecule has 0 fully saturated rings. The molecule has 4 heteroatoms. The van der Waals surface area contributed by atoms with E-state index in [2.05, 4.69) is 44.1 Å². The lowest BCUT2D eigenvalue weighted by molar-refractivity contribution is 0.0952. The maximum Gasteiger partial charge on any atom is 0.252 e. The Morgan fingerprint density at radius 2 is 1.79 bits per heavy atom. The van der Waals surface area contributed by atoms with Crippen molar-refractivity contribution in [3.05, 3.63) is 32.7 Å². The fourth-order valence-electron chi connectivity index (χ4n) is 1.87. The number of carbonyl (C=O) groups is 1. The zero-order valence-electron chi connectivity index (χ0n) is 11.3. The van der Waals surface area contributed by atoms with Crippen LogP contribution in [0.1, 0.15) is 55.8 Å². The molecule has 0 saturated heterocycles. The van der Waals surface area contributed by atoms with Gasteiger partial charge >= 0.3 is 0 Å². The van der Waals surface area contributed by atoms with Crippen molar-refractivity contribution < 1.29 is 4.79 Å². The number of amides is 1. The van der Waals surface area contributed by atoms with Gasteiger partial charge in [0.15, 0.2) is 0 Å². The molecule has 106 valence electrons. The Morgan fingerprint density at radius 3 is 2.53 bits per heavy atom. The monoisotopic (exact) mass is 389 g/mol. The van der Waals surface area contributed by atoms with Gasteiger partial charge in [0.2, 0.25) is 0 Å². The van der Waals surface area contributed by atoms with Crippen molar-refractivity contribution in [3.8, 4) is 0 Å². The average Bonchev–Trinajstić information content (AvgIpc) is 2.40. The average molecular weight is 391 g/mol. The van der Waals surface area contributed by atoms with Crippen molar-refractivity contribution in [3.63, 3.8) is 0 Å². The van der Waals surface area contributed by atoms with E-state index in [1.807, 2.05) is 18.2 Å². The lowest BCUT2D eigenvalue weighted by Crippen LogP contribution is -2.24. The van der Waals surface area contributed by atoms with Crippen molar-refractivity contribution in [2.45, 2.75) is 45.4 Å². The third kappa shape index (κ3) is 6.57. The molecule has 0 spiro atoms. The molecule has 0 aromatic heterocycles. The molecule has 0 aliphatic carbocycles. The van der Waals surface area contributed by atoms with Crippen LogP contribution in [0.3, 0.4) is 0 Å². The number of nitrogens with one attached hydrogen (secondary N) is 1. The van der Waals surface area contributed by atoms with Crippen molar-refractivity contribution >= 4 is 37.8 Å². The Balaban J connectivity index is 2.26. The third-order valence-corrected chi connectivity index (χ3v) is 4.17. The molecule has 0 heterocycles. The number of carbonyl (C=O) groups excluding carboxylic acids is 1. The SMILES string of the molecule is CCCCCCCCNC(=O)c1cc(Br)ccc1Br. The molecule has 0 radical (unpaired) electrons. The summed E-state index contributed by atoms with van der Waals surface area (Å²) < 4.78 is 1.75. The Morgan fingerprint density at radius 1 is 1.11 bits per heavy atom. The molecule has 0 atom stereocenters. The summed E-state index contributed by atoms with van der Waals surface area (Å²) in [6.45, 7) is 2.97. The first-order chi connectivity index (χ1) is 9.15. The summed E-state index contributed by atoms with van der Waals surface area (Å²) in [5.74, 6) is -0.0123. The van der Waals surface area contributed by atoms with Gasteiger partial charge in [-0.05, 0) is 40.5 Å². The second kappa shape index (κ2) is 9.54. The predicted octanol–water partition coefficient (Wildman–Crippen LogP) is 5.30. The summed E-state index contributed by atoms with van der Waals surface area (Å²) in [6, 6.07) is 5.62. The van der Waals surface area contributed by atoms with Crippen LogP contribution in [0.5, 0.6) is 0 Å². The molecule has 1 amide bonds. The molecule has 1 aromatic carbocycles. The van der Waals surface area contributed by atoms with E-state index >= 15 is 0 Å². The summed E-state index contributed by atoms with van der Waals surface area (Å²) in [7, 11) is 0. The van der Waals surface area contributed by atoms with Gasteiger partial charge in [0.25, 0.3) is 5.91 Å². The van der Waals surface area contributed by atoms with Crippen LogP contribution in [0.25, 0.3) is 0 Å². The van der Waals surface area contributed by atoms with Crippen LogP contribution in [-0.2, 0) is 0 Å². The Bertz CT molecular complexity index is 407. The van der Waals surface area contributed by atoms with Gasteiger partial charge < -0.3 is 5.32 Å². The number of hydrogen-bond acceptors (Lipinski definition) is 1. The van der Waals surface area contributed by atoms with Crippen LogP contribution >= 0.6 is 31.9 Å². The molecular weight excluding hydrogens is 370 g/mol. The molecule has 1 aromatic rings. The highest BCUT2D eigenvalue weighted by molar-refractivity contribution is 9.11. The molecule has 2 nitrogen and oxygen atoms in total. The van der Waals surface area contributed by atoms with Crippen molar-refractivity contribution in [2.24, 2.45) is 0 Å². The Labute approximate surface area is 132 Å². The Kier molecular flexibility index (Phi) is 8.38. The number of hydrogen-bond donors (Lipinski definition) is 1. The fourth-order valence-corrected chi connectivity index (χ4v) is 2.66. The second-order valence-corrected chi connectivity index (χ2v) is 6.42. The van der Waals surface area contributed by atoms with Gasteiger partial charge in [-0.25, -0.2) is 0 Å². The van der Waals surface area contributed by atoms with Crippen LogP contribution in [0, 0.1) is 0 Å². The number of unbranched alkanes of at least 4 members (excludes halogenated alkanes) is 5. The molecule has 1 rings (SSSR count). The zero-order chi connectivity index (χ0) is 14.1. The van der Waals surface area contributed by atoms with Crippen LogP contribution in [-0.4, -0.2) is 12.5 Å². The van der Waals surface area contributed by atoms with Crippen LogP contribution in [0.4, 0.5) is 0 Å². The van der Waals surface area contributed by atoms with E-state index < -0.39 is 0 Å². The van der Waals surface area contributed by atoms with Crippen LogP contribution < -0.4 is 5.32 Å². The van der Waals surface area contributed by atoms with Gasteiger partial charge in [-0.2, -0.15) is 0 Å². The van der Waals surface area contributed by atoms with E-state index in [4.69, 9.17) is 0 Å². The predicted molar refractivity (Wildman–Crippen MR) is 87.6 cm³/mol. The van der Waals surface area contributed by atoms with Gasteiger partial charge in [-0.3, -0.25) is 4.79 Å². The van der Waals surface area contributed by atoms with E-state index in [-0.39, 0.29) is 5.91 Å². The maximum absolute atomic E-state index is 12.0. The highest BCUT2D eigenvalue weighted by Gasteiger charge is 2.09. The smallest absolute Gasteiger partial charge is 0.252 e. The minimum atomic E-state index is -0.0123. The lowest BCUT2D eigenvalue weighted by Gasteiger charge is -2.07. The molecule has 0 aliphatic rings. The first kappa shape index (κ1) is 16.7. The van der Waals surface area contributed by atoms with E-state index in [1.165, 1.54) is 32.1 Å². The van der Waals surface area contributed by atoms with Crippen LogP contribution in [0.2, 0.25) is 0 Å². The molecule has 0 unspecified atom stereocenters. The van der Waals surface area contributed by atoms with E-state index in [0.717, 1.165) is 21.9 Å². The van der Waals surface area contributed by atoms with Gasteiger partial charge in [0.05, 0.1) is 5.56 Å². The number of benzene rings is 1. The van der Waals surface area contributed by atoms with Crippen molar-refractivity contribution in [1.29, 1.82) is 0 Å². The van der Waals surface area contributed by atoms with Gasteiger partial charge in [0.1, 0.15) is 0 Å². The first-order valence-electron chi connectivity index (χ1n) is 6.88. The highest BCUT2D eigenvalue weighted by atomic mass is 79.9. The van der Waals surface area contributed by atoms with Gasteiger partial charge in [0, 0.05) is 15.5 Å². The Hall–Kier alpha value is -0.350. The minimum absolute atomic E-state index is 0.0123. The fraction of sp³-hybridized carbons (Fsp3) is 0.533. The van der Waals surface area contributed by atoms with Crippen molar-refractivity contribution in [1.82, 2.24) is 5.32 Å². The van der Waals surface area contributed by atoms with E-state index in [0.29, 0.717) is 5.56 Å². The topological polar surface area (TPSA) is 29.1 Å². The normalized spacial score (nSPS) is 10.5. The molecular formula is C15H21Br2NO. The first-order valence-corrected chi connectivity index (χ1v) is 8.47. The van der Waals surface area contributed by atoms with Gasteiger partial charge in [-0.15, -0.1) is 0 Å².